The number of likely N-dealkylation sites (tertiary alicyclic amines) is 1. The van der Waals surface area contributed by atoms with Gasteiger partial charge in [0.2, 0.25) is 5.91 Å². The number of nitrogens with one attached hydrogen (secondary N) is 1. The zero-order valence-electron chi connectivity index (χ0n) is 13.3. The zero-order valence-corrected chi connectivity index (χ0v) is 14.1. The van der Waals surface area contributed by atoms with Crippen LogP contribution in [0.25, 0.3) is 0 Å². The number of halogens is 1. The van der Waals surface area contributed by atoms with Crippen molar-refractivity contribution in [2.24, 2.45) is 11.8 Å². The zero-order chi connectivity index (χ0) is 14.7. The first kappa shape index (κ1) is 17.3. The highest BCUT2D eigenvalue weighted by Gasteiger charge is 2.33. The van der Waals surface area contributed by atoms with E-state index in [1.165, 1.54) is 18.4 Å². The summed E-state index contributed by atoms with van der Waals surface area (Å²) in [5, 5.41) is 3.32. The van der Waals surface area contributed by atoms with Crippen LogP contribution in [0, 0.1) is 11.8 Å². The molecule has 3 rings (SSSR count). The lowest BCUT2D eigenvalue weighted by molar-refractivity contribution is -0.131. The summed E-state index contributed by atoms with van der Waals surface area (Å²) in [6.07, 6.45) is 4.88. The van der Waals surface area contributed by atoms with E-state index in [2.05, 4.69) is 47.5 Å². The summed E-state index contributed by atoms with van der Waals surface area (Å²) in [4.78, 5) is 14.4. The summed E-state index contributed by atoms with van der Waals surface area (Å²) in [5.41, 5.74) is 1.38. The number of rotatable bonds is 6. The number of amides is 1. The van der Waals surface area contributed by atoms with E-state index in [0.717, 1.165) is 31.8 Å². The summed E-state index contributed by atoms with van der Waals surface area (Å²) in [6.45, 7) is 4.66. The second-order valence-corrected chi connectivity index (χ2v) is 6.64. The Kier molecular flexibility index (Phi) is 6.27. The standard InChI is InChI=1S/C18H26N2O.ClH/c1-14-17(11-15-5-3-2-4-6-15)9-10-20(14)18(21)13-19-12-16-7-8-16;/h2-6,14,16-17,19H,7-13H2,1H3;1H. The van der Waals surface area contributed by atoms with Crippen molar-refractivity contribution in [3.63, 3.8) is 0 Å². The third-order valence-electron chi connectivity index (χ3n) is 4.98. The fraction of sp³-hybridized carbons (Fsp3) is 0.611. The summed E-state index contributed by atoms with van der Waals surface area (Å²) in [5.74, 6) is 1.71. The van der Waals surface area contributed by atoms with Gasteiger partial charge in [0.15, 0.2) is 0 Å². The summed E-state index contributed by atoms with van der Waals surface area (Å²) in [6, 6.07) is 11.0. The van der Waals surface area contributed by atoms with Gasteiger partial charge in [-0.3, -0.25) is 4.79 Å². The molecule has 2 atom stereocenters. The van der Waals surface area contributed by atoms with Gasteiger partial charge in [0, 0.05) is 12.6 Å². The second-order valence-electron chi connectivity index (χ2n) is 6.64. The molecule has 4 heteroatoms. The molecular weight excluding hydrogens is 296 g/mol. The van der Waals surface area contributed by atoms with E-state index in [9.17, 15) is 4.79 Å². The van der Waals surface area contributed by atoms with Crippen molar-refractivity contribution < 1.29 is 4.79 Å². The quantitative estimate of drug-likeness (QED) is 0.873. The minimum Gasteiger partial charge on any atom is -0.339 e. The summed E-state index contributed by atoms with van der Waals surface area (Å²) >= 11 is 0. The molecule has 1 N–H and O–H groups in total. The van der Waals surface area contributed by atoms with Crippen LogP contribution < -0.4 is 5.32 Å². The summed E-state index contributed by atoms with van der Waals surface area (Å²) < 4.78 is 0. The van der Waals surface area contributed by atoms with Gasteiger partial charge in [-0.25, -0.2) is 0 Å². The Bertz CT molecular complexity index is 475. The fourth-order valence-corrected chi connectivity index (χ4v) is 3.35. The molecule has 0 aromatic heterocycles. The van der Waals surface area contributed by atoms with Crippen LogP contribution in [-0.4, -0.2) is 36.5 Å². The number of hydrogen-bond donors (Lipinski definition) is 1. The molecule has 122 valence electrons. The molecule has 0 spiro atoms. The second kappa shape index (κ2) is 7.98. The Hall–Kier alpha value is -1.06. The highest BCUT2D eigenvalue weighted by Crippen LogP contribution is 2.28. The van der Waals surface area contributed by atoms with Crippen LogP contribution in [0.15, 0.2) is 30.3 Å². The number of benzene rings is 1. The van der Waals surface area contributed by atoms with E-state index < -0.39 is 0 Å². The van der Waals surface area contributed by atoms with Crippen LogP contribution in [0.4, 0.5) is 0 Å². The van der Waals surface area contributed by atoms with Crippen molar-refractivity contribution in [3.8, 4) is 0 Å². The van der Waals surface area contributed by atoms with E-state index in [4.69, 9.17) is 0 Å². The molecular formula is C18H27ClN2O. The lowest BCUT2D eigenvalue weighted by Crippen LogP contribution is -2.41. The van der Waals surface area contributed by atoms with Gasteiger partial charge in [0.05, 0.1) is 6.54 Å². The topological polar surface area (TPSA) is 32.3 Å². The van der Waals surface area contributed by atoms with Gasteiger partial charge in [-0.05, 0) is 56.6 Å². The Morgan fingerprint density at radius 2 is 1.95 bits per heavy atom. The van der Waals surface area contributed by atoms with Crippen molar-refractivity contribution in [1.29, 1.82) is 0 Å². The lowest BCUT2D eigenvalue weighted by atomic mass is 9.93. The number of nitrogens with zero attached hydrogens (tertiary/aromatic N) is 1. The first-order valence-electron chi connectivity index (χ1n) is 8.28. The maximum atomic E-state index is 12.3. The monoisotopic (exact) mass is 322 g/mol. The number of carbonyl (C=O) groups is 1. The molecule has 1 aliphatic carbocycles. The predicted molar refractivity (Wildman–Crippen MR) is 92.3 cm³/mol. The van der Waals surface area contributed by atoms with Crippen LogP contribution in [0.3, 0.4) is 0 Å². The molecule has 0 radical (unpaired) electrons. The molecule has 1 saturated heterocycles. The van der Waals surface area contributed by atoms with E-state index in [-0.39, 0.29) is 18.3 Å². The average Bonchev–Trinajstić information content (AvgIpc) is 3.25. The van der Waals surface area contributed by atoms with Gasteiger partial charge in [-0.15, -0.1) is 12.4 Å². The van der Waals surface area contributed by atoms with E-state index in [1.54, 1.807) is 0 Å². The van der Waals surface area contributed by atoms with Crippen molar-refractivity contribution in [3.05, 3.63) is 35.9 Å². The molecule has 1 aliphatic heterocycles. The van der Waals surface area contributed by atoms with E-state index in [0.29, 0.717) is 18.5 Å². The van der Waals surface area contributed by atoms with Gasteiger partial charge in [-0.1, -0.05) is 30.3 Å². The molecule has 3 nitrogen and oxygen atoms in total. The first-order chi connectivity index (χ1) is 10.2. The van der Waals surface area contributed by atoms with Gasteiger partial charge < -0.3 is 10.2 Å². The van der Waals surface area contributed by atoms with Crippen LogP contribution in [0.1, 0.15) is 31.7 Å². The normalized spacial score (nSPS) is 24.1. The highest BCUT2D eigenvalue weighted by molar-refractivity contribution is 5.85. The SMILES string of the molecule is CC1C(Cc2ccccc2)CCN1C(=O)CNCC1CC1.Cl. The molecule has 1 aromatic carbocycles. The molecule has 1 heterocycles. The van der Waals surface area contributed by atoms with Crippen molar-refractivity contribution in [1.82, 2.24) is 10.2 Å². The Morgan fingerprint density at radius 3 is 2.64 bits per heavy atom. The molecule has 2 aliphatic rings. The Morgan fingerprint density at radius 1 is 1.23 bits per heavy atom. The molecule has 2 fully saturated rings. The minimum atomic E-state index is 0. The molecule has 2 unspecified atom stereocenters. The maximum Gasteiger partial charge on any atom is 0.236 e. The van der Waals surface area contributed by atoms with Gasteiger partial charge in [-0.2, -0.15) is 0 Å². The van der Waals surface area contributed by atoms with Gasteiger partial charge in [0.1, 0.15) is 0 Å². The molecule has 1 amide bonds. The maximum absolute atomic E-state index is 12.3. The summed E-state index contributed by atoms with van der Waals surface area (Å²) in [7, 11) is 0. The molecule has 1 aromatic rings. The van der Waals surface area contributed by atoms with E-state index >= 15 is 0 Å². The minimum absolute atomic E-state index is 0. The van der Waals surface area contributed by atoms with Crippen molar-refractivity contribution >= 4 is 18.3 Å². The largest absolute Gasteiger partial charge is 0.339 e. The third kappa shape index (κ3) is 4.47. The predicted octanol–water partition coefficient (Wildman–Crippen LogP) is 2.89. The number of carbonyl (C=O) groups excluding carboxylic acids is 1. The smallest absolute Gasteiger partial charge is 0.236 e. The lowest BCUT2D eigenvalue weighted by Gasteiger charge is -2.25. The fourth-order valence-electron chi connectivity index (χ4n) is 3.35. The van der Waals surface area contributed by atoms with Crippen LogP contribution in [-0.2, 0) is 11.2 Å². The molecule has 1 saturated carbocycles. The molecule has 0 bridgehead atoms. The Balaban J connectivity index is 0.00000176. The van der Waals surface area contributed by atoms with Gasteiger partial charge in [0.25, 0.3) is 0 Å². The van der Waals surface area contributed by atoms with Crippen LogP contribution in [0.2, 0.25) is 0 Å². The molecule has 22 heavy (non-hydrogen) atoms. The van der Waals surface area contributed by atoms with Crippen LogP contribution >= 0.6 is 12.4 Å². The highest BCUT2D eigenvalue weighted by atomic mass is 35.5. The average molecular weight is 323 g/mol. The number of hydrogen-bond acceptors (Lipinski definition) is 2. The van der Waals surface area contributed by atoms with Crippen molar-refractivity contribution in [2.75, 3.05) is 19.6 Å². The van der Waals surface area contributed by atoms with E-state index in [1.807, 2.05) is 0 Å². The first-order valence-corrected chi connectivity index (χ1v) is 8.28. The van der Waals surface area contributed by atoms with Crippen LogP contribution in [0.5, 0.6) is 0 Å². The van der Waals surface area contributed by atoms with Gasteiger partial charge >= 0.3 is 0 Å². The van der Waals surface area contributed by atoms with Crippen molar-refractivity contribution in [2.45, 2.75) is 38.6 Å². The third-order valence-corrected chi connectivity index (χ3v) is 4.98. The Labute approximate surface area is 139 Å².